The number of rotatable bonds is 4. The summed E-state index contributed by atoms with van der Waals surface area (Å²) in [4.78, 5) is 31.2. The molecule has 0 spiro atoms. The minimum absolute atomic E-state index is 0.0419. The molecule has 2 aliphatic heterocycles. The first-order valence-corrected chi connectivity index (χ1v) is 10.4. The van der Waals surface area contributed by atoms with Gasteiger partial charge in [0.1, 0.15) is 5.75 Å². The van der Waals surface area contributed by atoms with Crippen LogP contribution in [0.3, 0.4) is 0 Å². The molecule has 2 saturated heterocycles. The second kappa shape index (κ2) is 8.29. The first kappa shape index (κ1) is 18.9. The number of amides is 3. The normalized spacial score (nSPS) is 20.8. The second-order valence-electron chi connectivity index (χ2n) is 8.00. The third kappa shape index (κ3) is 4.34. The Morgan fingerprint density at radius 2 is 1.68 bits per heavy atom. The molecule has 1 aromatic rings. The van der Waals surface area contributed by atoms with Crippen molar-refractivity contribution < 1.29 is 14.3 Å². The van der Waals surface area contributed by atoms with Gasteiger partial charge in [-0.2, -0.15) is 0 Å². The Hall–Kier alpha value is -2.44. The first-order chi connectivity index (χ1) is 13.6. The molecule has 0 unspecified atom stereocenters. The molecule has 3 fully saturated rings. The van der Waals surface area contributed by atoms with Crippen LogP contribution in [0.15, 0.2) is 24.3 Å². The highest BCUT2D eigenvalue weighted by Crippen LogP contribution is 2.25. The monoisotopic (exact) mass is 386 g/mol. The number of anilines is 1. The van der Waals surface area contributed by atoms with Crippen molar-refractivity contribution in [1.82, 2.24) is 15.1 Å². The first-order valence-electron chi connectivity index (χ1n) is 10.4. The van der Waals surface area contributed by atoms with Gasteiger partial charge in [-0.25, -0.2) is 4.79 Å². The summed E-state index contributed by atoms with van der Waals surface area (Å²) in [5, 5.41) is 3.04. The second-order valence-corrected chi connectivity index (χ2v) is 8.00. The molecule has 0 aromatic heterocycles. The van der Waals surface area contributed by atoms with Crippen LogP contribution in [-0.4, -0.2) is 74.2 Å². The zero-order chi connectivity index (χ0) is 19.5. The topological polar surface area (TPSA) is 65.1 Å². The Labute approximate surface area is 166 Å². The molecule has 152 valence electrons. The van der Waals surface area contributed by atoms with Gasteiger partial charge in [0.2, 0.25) is 5.91 Å². The number of piperazine rings is 1. The Kier molecular flexibility index (Phi) is 5.59. The number of benzene rings is 1. The van der Waals surface area contributed by atoms with E-state index in [0.717, 1.165) is 63.3 Å². The van der Waals surface area contributed by atoms with E-state index in [2.05, 4.69) is 16.3 Å². The molecule has 1 N–H and O–H groups in total. The van der Waals surface area contributed by atoms with E-state index < -0.39 is 0 Å². The van der Waals surface area contributed by atoms with Gasteiger partial charge < -0.3 is 24.8 Å². The number of likely N-dealkylation sites (tertiary alicyclic amines) is 1. The van der Waals surface area contributed by atoms with E-state index >= 15 is 0 Å². The lowest BCUT2D eigenvalue weighted by atomic mass is 9.95. The standard InChI is InChI=1S/C21H30N4O3/c1-28-19-4-2-3-18(15-19)23-11-13-24(14-12-23)20(26)16-7-9-25(10-8-16)21(27)22-17-5-6-17/h2-4,15-17H,5-14H2,1H3,(H,22,27). The highest BCUT2D eigenvalue weighted by molar-refractivity contribution is 5.80. The maximum Gasteiger partial charge on any atom is 0.317 e. The number of carbonyl (C=O) groups is 2. The van der Waals surface area contributed by atoms with E-state index in [9.17, 15) is 9.59 Å². The number of urea groups is 1. The Morgan fingerprint density at radius 1 is 0.964 bits per heavy atom. The third-order valence-corrected chi connectivity index (χ3v) is 6.05. The van der Waals surface area contributed by atoms with Crippen molar-refractivity contribution in [2.45, 2.75) is 31.7 Å². The Bertz CT molecular complexity index is 705. The summed E-state index contributed by atoms with van der Waals surface area (Å²) in [6, 6.07) is 8.50. The van der Waals surface area contributed by atoms with Crippen molar-refractivity contribution in [3.8, 4) is 5.75 Å². The van der Waals surface area contributed by atoms with Gasteiger partial charge in [0, 0.05) is 63.0 Å². The van der Waals surface area contributed by atoms with Crippen LogP contribution in [0, 0.1) is 5.92 Å². The quantitative estimate of drug-likeness (QED) is 0.859. The lowest BCUT2D eigenvalue weighted by Crippen LogP contribution is -2.52. The van der Waals surface area contributed by atoms with Crippen molar-refractivity contribution in [1.29, 1.82) is 0 Å². The maximum atomic E-state index is 12.9. The zero-order valence-corrected chi connectivity index (χ0v) is 16.6. The van der Waals surface area contributed by atoms with Crippen molar-refractivity contribution >= 4 is 17.6 Å². The number of methoxy groups -OCH3 is 1. The number of nitrogens with one attached hydrogen (secondary N) is 1. The van der Waals surface area contributed by atoms with E-state index in [1.165, 1.54) is 0 Å². The molecule has 7 nitrogen and oxygen atoms in total. The predicted octanol–water partition coefficient (Wildman–Crippen LogP) is 1.93. The molecule has 0 atom stereocenters. The van der Waals surface area contributed by atoms with Gasteiger partial charge in [0.25, 0.3) is 0 Å². The van der Waals surface area contributed by atoms with E-state index in [4.69, 9.17) is 4.74 Å². The van der Waals surface area contributed by atoms with Gasteiger partial charge in [0.05, 0.1) is 7.11 Å². The van der Waals surface area contributed by atoms with Crippen LogP contribution in [0.4, 0.5) is 10.5 Å². The van der Waals surface area contributed by atoms with Gasteiger partial charge in [-0.05, 0) is 37.8 Å². The zero-order valence-electron chi connectivity index (χ0n) is 16.6. The van der Waals surface area contributed by atoms with Gasteiger partial charge in [-0.15, -0.1) is 0 Å². The van der Waals surface area contributed by atoms with Crippen LogP contribution in [0.2, 0.25) is 0 Å². The molecule has 2 heterocycles. The van der Waals surface area contributed by atoms with E-state index in [0.29, 0.717) is 19.1 Å². The summed E-state index contributed by atoms with van der Waals surface area (Å²) in [5.74, 6) is 1.16. The molecule has 1 aromatic carbocycles. The van der Waals surface area contributed by atoms with Gasteiger partial charge in [0.15, 0.2) is 0 Å². The summed E-state index contributed by atoms with van der Waals surface area (Å²) >= 11 is 0. The summed E-state index contributed by atoms with van der Waals surface area (Å²) in [6.45, 7) is 4.53. The van der Waals surface area contributed by atoms with Crippen molar-refractivity contribution in [3.05, 3.63) is 24.3 Å². The van der Waals surface area contributed by atoms with Gasteiger partial charge in [-0.3, -0.25) is 4.79 Å². The van der Waals surface area contributed by atoms with Crippen LogP contribution in [0.25, 0.3) is 0 Å². The molecular formula is C21H30N4O3. The van der Waals surface area contributed by atoms with Crippen LogP contribution in [-0.2, 0) is 4.79 Å². The Morgan fingerprint density at radius 3 is 2.32 bits per heavy atom. The maximum absolute atomic E-state index is 12.9. The highest BCUT2D eigenvalue weighted by Gasteiger charge is 2.33. The van der Waals surface area contributed by atoms with Crippen molar-refractivity contribution in [3.63, 3.8) is 0 Å². The molecule has 3 aliphatic rings. The molecule has 0 bridgehead atoms. The molecule has 7 heteroatoms. The number of hydrogen-bond acceptors (Lipinski definition) is 4. The summed E-state index contributed by atoms with van der Waals surface area (Å²) in [5.41, 5.74) is 1.14. The predicted molar refractivity (Wildman–Crippen MR) is 108 cm³/mol. The highest BCUT2D eigenvalue weighted by atomic mass is 16.5. The number of hydrogen-bond donors (Lipinski definition) is 1. The van der Waals surface area contributed by atoms with Gasteiger partial charge in [-0.1, -0.05) is 6.07 Å². The molecule has 28 heavy (non-hydrogen) atoms. The summed E-state index contributed by atoms with van der Waals surface area (Å²) in [6.07, 6.45) is 3.74. The number of ether oxygens (including phenoxy) is 1. The van der Waals surface area contributed by atoms with Crippen LogP contribution < -0.4 is 15.0 Å². The molecule has 1 saturated carbocycles. The van der Waals surface area contributed by atoms with Crippen LogP contribution in [0.5, 0.6) is 5.75 Å². The fraction of sp³-hybridized carbons (Fsp3) is 0.619. The smallest absolute Gasteiger partial charge is 0.317 e. The SMILES string of the molecule is COc1cccc(N2CCN(C(=O)C3CCN(C(=O)NC4CC4)CC3)CC2)c1. The van der Waals surface area contributed by atoms with E-state index in [1.807, 2.05) is 28.0 Å². The van der Waals surface area contributed by atoms with E-state index in [-0.39, 0.29) is 17.9 Å². The van der Waals surface area contributed by atoms with E-state index in [1.54, 1.807) is 7.11 Å². The lowest BCUT2D eigenvalue weighted by Gasteiger charge is -2.39. The summed E-state index contributed by atoms with van der Waals surface area (Å²) < 4.78 is 5.31. The average Bonchev–Trinajstić information content (AvgIpc) is 3.57. The molecule has 1 aliphatic carbocycles. The minimum Gasteiger partial charge on any atom is -0.497 e. The minimum atomic E-state index is 0.0419. The van der Waals surface area contributed by atoms with Crippen molar-refractivity contribution in [2.24, 2.45) is 5.92 Å². The fourth-order valence-corrected chi connectivity index (χ4v) is 4.07. The summed E-state index contributed by atoms with van der Waals surface area (Å²) in [7, 11) is 1.68. The Balaban J connectivity index is 1.24. The molecular weight excluding hydrogens is 356 g/mol. The molecule has 4 rings (SSSR count). The van der Waals surface area contributed by atoms with Gasteiger partial charge >= 0.3 is 6.03 Å². The average molecular weight is 386 g/mol. The van der Waals surface area contributed by atoms with Crippen LogP contribution >= 0.6 is 0 Å². The third-order valence-electron chi connectivity index (χ3n) is 6.05. The molecule has 0 radical (unpaired) electrons. The molecule has 3 amide bonds. The largest absolute Gasteiger partial charge is 0.497 e. The number of nitrogens with zero attached hydrogens (tertiary/aromatic N) is 3. The number of carbonyl (C=O) groups excluding carboxylic acids is 2. The lowest BCUT2D eigenvalue weighted by molar-refractivity contribution is -0.137. The number of piperidine rings is 1. The fourth-order valence-electron chi connectivity index (χ4n) is 4.07. The van der Waals surface area contributed by atoms with Crippen molar-refractivity contribution in [2.75, 3.05) is 51.3 Å². The van der Waals surface area contributed by atoms with Crippen LogP contribution in [0.1, 0.15) is 25.7 Å².